The van der Waals surface area contributed by atoms with Gasteiger partial charge in [0.05, 0.1) is 0 Å². The first-order chi connectivity index (χ1) is 6.70. The van der Waals surface area contributed by atoms with Gasteiger partial charge < -0.3 is 5.32 Å². The number of thioether (sulfide) groups is 1. The Bertz CT molecular complexity index is 117. The highest BCUT2D eigenvalue weighted by Gasteiger charge is 2.02. The molecule has 0 aromatic heterocycles. The number of rotatable bonds is 9. The molecule has 0 amide bonds. The summed E-state index contributed by atoms with van der Waals surface area (Å²) in [6.45, 7) is 10.3. The standard InChI is InChI=1S/C12H27NS/c1-5-8-13-12(4)7-9-14-10-11(3)6-2/h11-13H,5-10H2,1-4H3. The molecular weight excluding hydrogens is 190 g/mol. The maximum Gasteiger partial charge on any atom is 0.00465 e. The maximum atomic E-state index is 3.52. The molecule has 0 spiro atoms. The van der Waals surface area contributed by atoms with Gasteiger partial charge in [-0.05, 0) is 43.7 Å². The molecule has 86 valence electrons. The third-order valence-electron chi connectivity index (χ3n) is 2.54. The lowest BCUT2D eigenvalue weighted by molar-refractivity contribution is 0.535. The zero-order chi connectivity index (χ0) is 10.8. The molecule has 0 saturated carbocycles. The number of hydrogen-bond donors (Lipinski definition) is 1. The Balaban J connectivity index is 3.18. The average molecular weight is 217 g/mol. The summed E-state index contributed by atoms with van der Waals surface area (Å²) in [7, 11) is 0. The summed E-state index contributed by atoms with van der Waals surface area (Å²) in [6, 6.07) is 0.694. The molecule has 0 bridgehead atoms. The Hall–Kier alpha value is 0.310. The third-order valence-corrected chi connectivity index (χ3v) is 3.87. The molecule has 0 fully saturated rings. The van der Waals surface area contributed by atoms with Gasteiger partial charge in [0, 0.05) is 6.04 Å². The number of hydrogen-bond acceptors (Lipinski definition) is 2. The van der Waals surface area contributed by atoms with E-state index in [1.807, 2.05) is 0 Å². The lowest BCUT2D eigenvalue weighted by Gasteiger charge is -2.13. The van der Waals surface area contributed by atoms with Gasteiger partial charge in [0.15, 0.2) is 0 Å². The van der Waals surface area contributed by atoms with Crippen molar-refractivity contribution >= 4 is 11.8 Å². The van der Waals surface area contributed by atoms with Crippen molar-refractivity contribution in [3.05, 3.63) is 0 Å². The fourth-order valence-corrected chi connectivity index (χ4v) is 2.48. The van der Waals surface area contributed by atoms with E-state index in [4.69, 9.17) is 0 Å². The van der Waals surface area contributed by atoms with Crippen LogP contribution in [0.4, 0.5) is 0 Å². The second-order valence-electron chi connectivity index (χ2n) is 4.23. The molecule has 0 saturated heterocycles. The molecule has 0 heterocycles. The average Bonchev–Trinajstić information content (AvgIpc) is 2.21. The molecule has 14 heavy (non-hydrogen) atoms. The van der Waals surface area contributed by atoms with Gasteiger partial charge in [-0.2, -0.15) is 11.8 Å². The molecule has 0 aliphatic carbocycles. The maximum absolute atomic E-state index is 3.52. The highest BCUT2D eigenvalue weighted by atomic mass is 32.2. The highest BCUT2D eigenvalue weighted by molar-refractivity contribution is 7.99. The summed E-state index contributed by atoms with van der Waals surface area (Å²) >= 11 is 2.11. The zero-order valence-electron chi connectivity index (χ0n) is 10.3. The Kier molecular flexibility index (Phi) is 10.1. The van der Waals surface area contributed by atoms with E-state index < -0.39 is 0 Å². The molecule has 0 aromatic carbocycles. The van der Waals surface area contributed by atoms with Crippen LogP contribution in [0.25, 0.3) is 0 Å². The summed E-state index contributed by atoms with van der Waals surface area (Å²) in [6.07, 6.45) is 3.86. The topological polar surface area (TPSA) is 12.0 Å². The van der Waals surface area contributed by atoms with Crippen LogP contribution in [0, 0.1) is 5.92 Å². The molecule has 0 rings (SSSR count). The van der Waals surface area contributed by atoms with Gasteiger partial charge in [0.1, 0.15) is 0 Å². The van der Waals surface area contributed by atoms with Gasteiger partial charge in [0.25, 0.3) is 0 Å². The van der Waals surface area contributed by atoms with Crippen LogP contribution in [0.2, 0.25) is 0 Å². The minimum atomic E-state index is 0.694. The van der Waals surface area contributed by atoms with Crippen molar-refractivity contribution in [3.8, 4) is 0 Å². The first-order valence-corrected chi connectivity index (χ1v) is 7.17. The molecule has 1 nitrogen and oxygen atoms in total. The first-order valence-electron chi connectivity index (χ1n) is 6.01. The molecule has 0 radical (unpaired) electrons. The van der Waals surface area contributed by atoms with E-state index >= 15 is 0 Å². The number of nitrogens with one attached hydrogen (secondary N) is 1. The van der Waals surface area contributed by atoms with Crippen LogP contribution >= 0.6 is 11.8 Å². The lowest BCUT2D eigenvalue weighted by Crippen LogP contribution is -2.27. The predicted molar refractivity (Wildman–Crippen MR) is 69.2 cm³/mol. The second-order valence-corrected chi connectivity index (χ2v) is 5.38. The van der Waals surface area contributed by atoms with Crippen LogP contribution < -0.4 is 5.32 Å². The zero-order valence-corrected chi connectivity index (χ0v) is 11.1. The summed E-state index contributed by atoms with van der Waals surface area (Å²) in [5.74, 6) is 3.53. The normalized spacial score (nSPS) is 15.4. The van der Waals surface area contributed by atoms with Gasteiger partial charge in [0.2, 0.25) is 0 Å². The first kappa shape index (κ1) is 14.3. The second kappa shape index (κ2) is 9.85. The largest absolute Gasteiger partial charge is 0.314 e. The Morgan fingerprint density at radius 2 is 1.93 bits per heavy atom. The molecule has 2 atom stereocenters. The predicted octanol–water partition coefficient (Wildman–Crippen LogP) is 3.54. The van der Waals surface area contributed by atoms with Gasteiger partial charge in [-0.15, -0.1) is 0 Å². The molecular formula is C12H27NS. The SMILES string of the molecule is CCCNC(C)CCSCC(C)CC. The molecule has 1 N–H and O–H groups in total. The minimum absolute atomic E-state index is 0.694. The van der Waals surface area contributed by atoms with Crippen LogP contribution in [0.15, 0.2) is 0 Å². The minimum Gasteiger partial charge on any atom is -0.314 e. The van der Waals surface area contributed by atoms with Gasteiger partial charge >= 0.3 is 0 Å². The quantitative estimate of drug-likeness (QED) is 0.593. The van der Waals surface area contributed by atoms with Crippen molar-refractivity contribution in [2.24, 2.45) is 5.92 Å². The van der Waals surface area contributed by atoms with E-state index in [-0.39, 0.29) is 0 Å². The van der Waals surface area contributed by atoms with Crippen LogP contribution in [-0.2, 0) is 0 Å². The lowest BCUT2D eigenvalue weighted by atomic mass is 10.2. The Morgan fingerprint density at radius 3 is 2.50 bits per heavy atom. The molecule has 0 aromatic rings. The van der Waals surface area contributed by atoms with Gasteiger partial charge in [-0.3, -0.25) is 0 Å². The van der Waals surface area contributed by atoms with Crippen molar-refractivity contribution in [3.63, 3.8) is 0 Å². The van der Waals surface area contributed by atoms with E-state index in [1.165, 1.54) is 30.8 Å². The monoisotopic (exact) mass is 217 g/mol. The molecule has 2 heteroatoms. The van der Waals surface area contributed by atoms with Crippen LogP contribution in [-0.4, -0.2) is 24.1 Å². The Labute approximate surface area is 94.4 Å². The van der Waals surface area contributed by atoms with E-state index in [9.17, 15) is 0 Å². The van der Waals surface area contributed by atoms with Crippen molar-refractivity contribution in [2.75, 3.05) is 18.1 Å². The molecule has 0 aliphatic rings. The van der Waals surface area contributed by atoms with Crippen LogP contribution in [0.5, 0.6) is 0 Å². The summed E-state index contributed by atoms with van der Waals surface area (Å²) in [4.78, 5) is 0. The van der Waals surface area contributed by atoms with Crippen LogP contribution in [0.3, 0.4) is 0 Å². The fraction of sp³-hybridized carbons (Fsp3) is 1.00. The summed E-state index contributed by atoms with van der Waals surface area (Å²) < 4.78 is 0. The third kappa shape index (κ3) is 8.89. The van der Waals surface area contributed by atoms with Gasteiger partial charge in [-0.1, -0.05) is 27.2 Å². The van der Waals surface area contributed by atoms with Crippen molar-refractivity contribution in [1.82, 2.24) is 5.32 Å². The van der Waals surface area contributed by atoms with Crippen LogP contribution in [0.1, 0.15) is 47.0 Å². The fourth-order valence-electron chi connectivity index (χ4n) is 1.16. The van der Waals surface area contributed by atoms with E-state index in [2.05, 4.69) is 44.8 Å². The van der Waals surface area contributed by atoms with Gasteiger partial charge in [-0.25, -0.2) is 0 Å². The smallest absolute Gasteiger partial charge is 0.00465 e. The van der Waals surface area contributed by atoms with E-state index in [0.717, 1.165) is 12.5 Å². The highest BCUT2D eigenvalue weighted by Crippen LogP contribution is 2.12. The summed E-state index contributed by atoms with van der Waals surface area (Å²) in [5, 5.41) is 3.52. The molecule has 0 aliphatic heterocycles. The van der Waals surface area contributed by atoms with E-state index in [1.54, 1.807) is 0 Å². The molecule has 2 unspecified atom stereocenters. The van der Waals surface area contributed by atoms with E-state index in [0.29, 0.717) is 6.04 Å². The Morgan fingerprint density at radius 1 is 1.21 bits per heavy atom. The van der Waals surface area contributed by atoms with Crippen molar-refractivity contribution in [2.45, 2.75) is 53.0 Å². The van der Waals surface area contributed by atoms with Crippen molar-refractivity contribution < 1.29 is 0 Å². The summed E-state index contributed by atoms with van der Waals surface area (Å²) in [5.41, 5.74) is 0. The van der Waals surface area contributed by atoms with Crippen molar-refractivity contribution in [1.29, 1.82) is 0 Å².